The highest BCUT2D eigenvalue weighted by Gasteiger charge is 2.15. The molecule has 11 heteroatoms. The van der Waals surface area contributed by atoms with Crippen LogP contribution in [0.3, 0.4) is 0 Å². The molecule has 3 aromatic rings. The molecule has 0 atom stereocenters. The van der Waals surface area contributed by atoms with E-state index in [2.05, 4.69) is 5.32 Å². The standard InChI is InChI=1S/C17H12F3N3O5/c18-10-7-12(20)13(8-11(10)19)21-16(24)2-1-5-22-14-4-3-9(23(26)27)6-15(14)28-17(22)25/h3-4,6-8H,1-2,5H2,(H,21,24). The number of nitro groups is 1. The molecule has 0 aliphatic heterocycles. The van der Waals surface area contributed by atoms with Gasteiger partial charge in [0.2, 0.25) is 5.91 Å². The molecule has 28 heavy (non-hydrogen) atoms. The molecule has 0 aliphatic carbocycles. The number of hydrogen-bond acceptors (Lipinski definition) is 5. The third-order valence-electron chi connectivity index (χ3n) is 3.93. The molecule has 0 fully saturated rings. The number of carbonyl (C=O) groups is 1. The van der Waals surface area contributed by atoms with Crippen molar-refractivity contribution in [1.29, 1.82) is 0 Å². The van der Waals surface area contributed by atoms with E-state index in [0.29, 0.717) is 17.6 Å². The molecule has 0 aliphatic rings. The molecule has 0 radical (unpaired) electrons. The Hall–Kier alpha value is -3.63. The Labute approximate surface area is 154 Å². The number of non-ortho nitro benzene ring substituents is 1. The Morgan fingerprint density at radius 1 is 1.14 bits per heavy atom. The molecule has 1 amide bonds. The zero-order chi connectivity index (χ0) is 20.4. The summed E-state index contributed by atoms with van der Waals surface area (Å²) in [4.78, 5) is 33.9. The van der Waals surface area contributed by atoms with Crippen molar-refractivity contribution in [2.75, 3.05) is 5.32 Å². The van der Waals surface area contributed by atoms with Crippen molar-refractivity contribution in [1.82, 2.24) is 4.57 Å². The van der Waals surface area contributed by atoms with E-state index in [4.69, 9.17) is 4.42 Å². The van der Waals surface area contributed by atoms with Gasteiger partial charge in [0, 0.05) is 31.2 Å². The number of nitrogens with one attached hydrogen (secondary N) is 1. The van der Waals surface area contributed by atoms with Gasteiger partial charge in [-0.2, -0.15) is 0 Å². The van der Waals surface area contributed by atoms with Gasteiger partial charge in [0.1, 0.15) is 5.82 Å². The number of hydrogen-bond donors (Lipinski definition) is 1. The van der Waals surface area contributed by atoms with Crippen molar-refractivity contribution in [3.8, 4) is 0 Å². The maximum atomic E-state index is 13.5. The van der Waals surface area contributed by atoms with Crippen LogP contribution >= 0.6 is 0 Å². The maximum Gasteiger partial charge on any atom is 0.419 e. The number of rotatable bonds is 6. The van der Waals surface area contributed by atoms with Gasteiger partial charge in [-0.25, -0.2) is 18.0 Å². The minimum Gasteiger partial charge on any atom is -0.407 e. The predicted octanol–water partition coefficient (Wildman–Crippen LogP) is 3.34. The van der Waals surface area contributed by atoms with Crippen LogP contribution in [0.1, 0.15) is 12.8 Å². The van der Waals surface area contributed by atoms with E-state index in [1.807, 2.05) is 0 Å². The molecule has 8 nitrogen and oxygen atoms in total. The summed E-state index contributed by atoms with van der Waals surface area (Å²) in [5.74, 6) is -5.21. The number of nitrogens with zero attached hydrogens (tertiary/aromatic N) is 2. The highest BCUT2D eigenvalue weighted by atomic mass is 19.2. The molecule has 0 saturated heterocycles. The highest BCUT2D eigenvalue weighted by molar-refractivity contribution is 5.90. The summed E-state index contributed by atoms with van der Waals surface area (Å²) in [5.41, 5.74) is -0.376. The van der Waals surface area contributed by atoms with Gasteiger partial charge >= 0.3 is 5.76 Å². The molecule has 2 aromatic carbocycles. The van der Waals surface area contributed by atoms with Gasteiger partial charge in [-0.05, 0) is 12.5 Å². The maximum absolute atomic E-state index is 13.5. The van der Waals surface area contributed by atoms with Crippen LogP contribution < -0.4 is 11.1 Å². The Balaban J connectivity index is 1.66. The van der Waals surface area contributed by atoms with E-state index in [1.165, 1.54) is 16.7 Å². The normalized spacial score (nSPS) is 11.0. The number of amides is 1. The van der Waals surface area contributed by atoms with Gasteiger partial charge in [-0.3, -0.25) is 19.5 Å². The monoisotopic (exact) mass is 395 g/mol. The third kappa shape index (κ3) is 3.87. The van der Waals surface area contributed by atoms with Gasteiger partial charge in [0.15, 0.2) is 17.2 Å². The second kappa shape index (κ2) is 7.55. The Morgan fingerprint density at radius 3 is 2.57 bits per heavy atom. The van der Waals surface area contributed by atoms with Crippen molar-refractivity contribution < 1.29 is 27.3 Å². The van der Waals surface area contributed by atoms with Gasteiger partial charge in [-0.15, -0.1) is 0 Å². The molecule has 1 N–H and O–H groups in total. The smallest absolute Gasteiger partial charge is 0.407 e. The Kier molecular flexibility index (Phi) is 5.16. The largest absolute Gasteiger partial charge is 0.419 e. The lowest BCUT2D eigenvalue weighted by Gasteiger charge is -2.07. The molecular formula is C17H12F3N3O5. The lowest BCUT2D eigenvalue weighted by atomic mass is 10.2. The van der Waals surface area contributed by atoms with Gasteiger partial charge in [0.05, 0.1) is 22.2 Å². The van der Waals surface area contributed by atoms with Crippen LogP contribution in [0.4, 0.5) is 24.5 Å². The van der Waals surface area contributed by atoms with Gasteiger partial charge in [-0.1, -0.05) is 0 Å². The fourth-order valence-corrected chi connectivity index (χ4v) is 2.61. The summed E-state index contributed by atoms with van der Waals surface area (Å²) in [6, 6.07) is 4.54. The number of carbonyl (C=O) groups excluding carboxylic acids is 1. The quantitative estimate of drug-likeness (QED) is 0.391. The lowest BCUT2D eigenvalue weighted by Crippen LogP contribution is -2.17. The first-order chi connectivity index (χ1) is 13.3. The lowest BCUT2D eigenvalue weighted by molar-refractivity contribution is -0.384. The molecule has 0 spiro atoms. The number of fused-ring (bicyclic) bond motifs is 1. The number of benzene rings is 2. The summed E-state index contributed by atoms with van der Waals surface area (Å²) < 4.78 is 45.7. The van der Waals surface area contributed by atoms with E-state index < -0.39 is 39.7 Å². The summed E-state index contributed by atoms with van der Waals surface area (Å²) >= 11 is 0. The average molecular weight is 395 g/mol. The van der Waals surface area contributed by atoms with Crippen LogP contribution in [0.5, 0.6) is 0 Å². The Morgan fingerprint density at radius 2 is 1.86 bits per heavy atom. The first-order valence-corrected chi connectivity index (χ1v) is 7.98. The summed E-state index contributed by atoms with van der Waals surface area (Å²) in [5, 5.41) is 12.9. The van der Waals surface area contributed by atoms with Crippen LogP contribution in [-0.4, -0.2) is 15.4 Å². The molecule has 1 aromatic heterocycles. The SMILES string of the molecule is O=C(CCCn1c(=O)oc2cc([N+](=O)[O-])ccc21)Nc1cc(F)c(F)cc1F. The van der Waals surface area contributed by atoms with Crippen LogP contribution in [-0.2, 0) is 11.3 Å². The van der Waals surface area contributed by atoms with Crippen LogP contribution in [0.2, 0.25) is 0 Å². The molecule has 0 bridgehead atoms. The van der Waals surface area contributed by atoms with Crippen molar-refractivity contribution >= 4 is 28.4 Å². The van der Waals surface area contributed by atoms with Crippen molar-refractivity contribution in [2.24, 2.45) is 0 Å². The minimum absolute atomic E-state index is 0.0347. The minimum atomic E-state index is -1.37. The summed E-state index contributed by atoms with van der Waals surface area (Å²) in [6.45, 7) is 0.0529. The van der Waals surface area contributed by atoms with E-state index in [0.717, 1.165) is 6.07 Å². The summed E-state index contributed by atoms with van der Waals surface area (Å²) in [6.07, 6.45) is -0.00676. The molecule has 0 unspecified atom stereocenters. The van der Waals surface area contributed by atoms with Gasteiger partial charge < -0.3 is 9.73 Å². The van der Waals surface area contributed by atoms with E-state index >= 15 is 0 Å². The van der Waals surface area contributed by atoms with Crippen LogP contribution in [0.15, 0.2) is 39.5 Å². The highest BCUT2D eigenvalue weighted by Crippen LogP contribution is 2.21. The summed E-state index contributed by atoms with van der Waals surface area (Å²) in [7, 11) is 0. The molecule has 146 valence electrons. The first kappa shape index (κ1) is 19.1. The molecule has 0 saturated carbocycles. The van der Waals surface area contributed by atoms with Gasteiger partial charge in [0.25, 0.3) is 5.69 Å². The number of nitro benzene ring substituents is 1. The zero-order valence-corrected chi connectivity index (χ0v) is 14.1. The van der Waals surface area contributed by atoms with Crippen molar-refractivity contribution in [3.05, 3.63) is 68.4 Å². The van der Waals surface area contributed by atoms with E-state index in [1.54, 1.807) is 0 Å². The second-order valence-electron chi connectivity index (χ2n) is 5.83. The molecule has 1 heterocycles. The number of halogens is 3. The Bertz CT molecular complexity index is 1140. The van der Waals surface area contributed by atoms with Crippen molar-refractivity contribution in [2.45, 2.75) is 19.4 Å². The first-order valence-electron chi connectivity index (χ1n) is 7.98. The van der Waals surface area contributed by atoms with Crippen LogP contribution in [0, 0.1) is 27.6 Å². The topological polar surface area (TPSA) is 107 Å². The fraction of sp³-hybridized carbons (Fsp3) is 0.176. The zero-order valence-electron chi connectivity index (χ0n) is 14.1. The number of anilines is 1. The van der Waals surface area contributed by atoms with Crippen molar-refractivity contribution in [3.63, 3.8) is 0 Å². The third-order valence-corrected chi connectivity index (χ3v) is 3.93. The average Bonchev–Trinajstić information content (AvgIpc) is 2.94. The molecular weight excluding hydrogens is 383 g/mol. The van der Waals surface area contributed by atoms with E-state index in [9.17, 15) is 32.9 Å². The van der Waals surface area contributed by atoms with E-state index in [-0.39, 0.29) is 30.7 Å². The second-order valence-corrected chi connectivity index (χ2v) is 5.83. The number of aromatic nitrogens is 1. The number of aryl methyl sites for hydroxylation is 1. The fourth-order valence-electron chi connectivity index (χ4n) is 2.61. The predicted molar refractivity (Wildman–Crippen MR) is 91.3 cm³/mol. The number of oxazole rings is 1. The van der Waals surface area contributed by atoms with Crippen LogP contribution in [0.25, 0.3) is 11.1 Å². The molecule has 3 rings (SSSR count).